The number of hydrogen-bond donors (Lipinski definition) is 2. The molecule has 1 atom stereocenters. The van der Waals surface area contributed by atoms with Crippen molar-refractivity contribution in [1.82, 2.24) is 0 Å². The van der Waals surface area contributed by atoms with Crippen molar-refractivity contribution in [2.24, 2.45) is 0 Å². The van der Waals surface area contributed by atoms with Gasteiger partial charge in [-0.05, 0) is 18.1 Å². The molecule has 14 heavy (non-hydrogen) atoms. The minimum absolute atomic E-state index is 0.188. The predicted molar refractivity (Wildman–Crippen MR) is 53.3 cm³/mol. The minimum atomic E-state index is -0.990. The molecule has 0 fully saturated rings. The van der Waals surface area contributed by atoms with E-state index in [-0.39, 0.29) is 5.56 Å². The lowest BCUT2D eigenvalue weighted by molar-refractivity contribution is 0.0688. The second-order valence-electron chi connectivity index (χ2n) is 3.20. The van der Waals surface area contributed by atoms with Crippen LogP contribution in [0.5, 0.6) is 0 Å². The Labute approximate surface area is 83.0 Å². The van der Waals surface area contributed by atoms with Gasteiger partial charge in [0.25, 0.3) is 0 Å². The number of carboxylic acids is 1. The third-order valence-electron chi connectivity index (χ3n) is 2.11. The lowest BCUT2D eigenvalue weighted by Crippen LogP contribution is -2.06. The summed E-state index contributed by atoms with van der Waals surface area (Å²) in [6.45, 7) is 1.95. The highest BCUT2D eigenvalue weighted by Gasteiger charge is 2.14. The average molecular weight is 194 g/mol. The average Bonchev–Trinajstić information content (AvgIpc) is 2.18. The molecule has 1 aromatic carbocycles. The van der Waals surface area contributed by atoms with E-state index in [4.69, 9.17) is 5.11 Å². The molecule has 0 amide bonds. The number of hydrogen-bond acceptors (Lipinski definition) is 2. The van der Waals surface area contributed by atoms with E-state index in [1.807, 2.05) is 6.92 Å². The van der Waals surface area contributed by atoms with Crippen molar-refractivity contribution in [1.29, 1.82) is 0 Å². The van der Waals surface area contributed by atoms with Crippen LogP contribution in [0.3, 0.4) is 0 Å². The summed E-state index contributed by atoms with van der Waals surface area (Å²) in [6, 6.07) is 6.56. The first-order valence-electron chi connectivity index (χ1n) is 4.67. The predicted octanol–water partition coefficient (Wildman–Crippen LogP) is 2.22. The Kier molecular flexibility index (Phi) is 3.65. The van der Waals surface area contributed by atoms with Crippen LogP contribution in [-0.2, 0) is 0 Å². The van der Waals surface area contributed by atoms with Gasteiger partial charge >= 0.3 is 5.97 Å². The van der Waals surface area contributed by atoms with E-state index in [2.05, 4.69) is 0 Å². The van der Waals surface area contributed by atoms with Crippen LogP contribution in [0.25, 0.3) is 0 Å². The van der Waals surface area contributed by atoms with E-state index in [1.54, 1.807) is 18.2 Å². The summed E-state index contributed by atoms with van der Waals surface area (Å²) >= 11 is 0. The minimum Gasteiger partial charge on any atom is -0.478 e. The Hall–Kier alpha value is -1.35. The van der Waals surface area contributed by atoms with Gasteiger partial charge in [0.15, 0.2) is 0 Å². The van der Waals surface area contributed by atoms with E-state index in [0.717, 1.165) is 6.42 Å². The van der Waals surface area contributed by atoms with Crippen molar-refractivity contribution < 1.29 is 15.0 Å². The van der Waals surface area contributed by atoms with Gasteiger partial charge in [0, 0.05) is 0 Å². The van der Waals surface area contributed by atoms with E-state index >= 15 is 0 Å². The zero-order chi connectivity index (χ0) is 10.6. The molecule has 0 aromatic heterocycles. The van der Waals surface area contributed by atoms with Crippen molar-refractivity contribution in [2.45, 2.75) is 25.9 Å². The number of aromatic carboxylic acids is 1. The highest BCUT2D eigenvalue weighted by Crippen LogP contribution is 2.21. The summed E-state index contributed by atoms with van der Waals surface area (Å²) < 4.78 is 0. The van der Waals surface area contributed by atoms with Crippen LogP contribution in [-0.4, -0.2) is 16.2 Å². The Balaban J connectivity index is 3.00. The standard InChI is InChI=1S/C11H14O3/c1-2-5-10(12)8-6-3-4-7-9(8)11(13)14/h3-4,6-7,10,12H,2,5H2,1H3,(H,13,14). The molecule has 0 radical (unpaired) electrons. The van der Waals surface area contributed by atoms with Crippen LogP contribution >= 0.6 is 0 Å². The van der Waals surface area contributed by atoms with Gasteiger partial charge in [-0.3, -0.25) is 0 Å². The molecular weight excluding hydrogens is 180 g/mol. The first-order valence-corrected chi connectivity index (χ1v) is 4.67. The molecule has 76 valence electrons. The van der Waals surface area contributed by atoms with Gasteiger partial charge in [-0.1, -0.05) is 31.5 Å². The largest absolute Gasteiger partial charge is 0.478 e. The smallest absolute Gasteiger partial charge is 0.336 e. The number of carbonyl (C=O) groups is 1. The molecule has 0 saturated carbocycles. The molecule has 0 aliphatic rings. The van der Waals surface area contributed by atoms with Gasteiger partial charge < -0.3 is 10.2 Å². The lowest BCUT2D eigenvalue weighted by Gasteiger charge is -2.11. The number of aliphatic hydroxyl groups excluding tert-OH is 1. The van der Waals surface area contributed by atoms with Crippen LogP contribution in [0.4, 0.5) is 0 Å². The van der Waals surface area contributed by atoms with Crippen molar-refractivity contribution in [3.05, 3.63) is 35.4 Å². The van der Waals surface area contributed by atoms with E-state index in [1.165, 1.54) is 6.07 Å². The van der Waals surface area contributed by atoms with Crippen LogP contribution in [0.2, 0.25) is 0 Å². The fourth-order valence-corrected chi connectivity index (χ4v) is 1.41. The van der Waals surface area contributed by atoms with Crippen LogP contribution in [0, 0.1) is 0 Å². The monoisotopic (exact) mass is 194 g/mol. The maximum absolute atomic E-state index is 10.8. The number of aliphatic hydroxyl groups is 1. The molecule has 0 aliphatic carbocycles. The highest BCUT2D eigenvalue weighted by molar-refractivity contribution is 5.89. The van der Waals surface area contributed by atoms with Gasteiger partial charge in [0.05, 0.1) is 11.7 Å². The highest BCUT2D eigenvalue weighted by atomic mass is 16.4. The number of carboxylic acid groups (broad SMARTS) is 1. The fourth-order valence-electron chi connectivity index (χ4n) is 1.41. The molecule has 0 saturated heterocycles. The summed E-state index contributed by atoms with van der Waals surface area (Å²) in [5.74, 6) is -0.990. The second kappa shape index (κ2) is 4.77. The second-order valence-corrected chi connectivity index (χ2v) is 3.20. The Morgan fingerprint density at radius 3 is 2.64 bits per heavy atom. The van der Waals surface area contributed by atoms with Gasteiger partial charge in [-0.15, -0.1) is 0 Å². The van der Waals surface area contributed by atoms with Gasteiger partial charge in [-0.25, -0.2) is 4.79 Å². The third-order valence-corrected chi connectivity index (χ3v) is 2.11. The van der Waals surface area contributed by atoms with E-state index < -0.39 is 12.1 Å². The maximum Gasteiger partial charge on any atom is 0.336 e. The van der Waals surface area contributed by atoms with Crippen LogP contribution < -0.4 is 0 Å². The normalized spacial score (nSPS) is 12.4. The molecule has 0 bridgehead atoms. The van der Waals surface area contributed by atoms with Crippen molar-refractivity contribution in [3.8, 4) is 0 Å². The van der Waals surface area contributed by atoms with Crippen LogP contribution in [0.15, 0.2) is 24.3 Å². The zero-order valence-electron chi connectivity index (χ0n) is 8.10. The summed E-state index contributed by atoms with van der Waals surface area (Å²) in [5.41, 5.74) is 0.690. The fraction of sp³-hybridized carbons (Fsp3) is 0.364. The molecule has 1 rings (SSSR count). The molecule has 1 aromatic rings. The van der Waals surface area contributed by atoms with Gasteiger partial charge in [0.2, 0.25) is 0 Å². The van der Waals surface area contributed by atoms with Gasteiger partial charge in [-0.2, -0.15) is 0 Å². The number of rotatable bonds is 4. The topological polar surface area (TPSA) is 57.5 Å². The Morgan fingerprint density at radius 2 is 2.07 bits per heavy atom. The summed E-state index contributed by atoms with van der Waals surface area (Å²) in [7, 11) is 0. The molecule has 0 spiro atoms. The quantitative estimate of drug-likeness (QED) is 0.772. The van der Waals surface area contributed by atoms with E-state index in [9.17, 15) is 9.90 Å². The first kappa shape index (κ1) is 10.7. The van der Waals surface area contributed by atoms with Crippen molar-refractivity contribution in [2.75, 3.05) is 0 Å². The molecular formula is C11H14O3. The first-order chi connectivity index (χ1) is 6.66. The molecule has 3 nitrogen and oxygen atoms in total. The SMILES string of the molecule is CCCC(O)c1ccccc1C(=O)O. The molecule has 0 aliphatic heterocycles. The lowest BCUT2D eigenvalue weighted by atomic mass is 9.99. The third kappa shape index (κ3) is 2.33. The Morgan fingerprint density at radius 1 is 1.43 bits per heavy atom. The maximum atomic E-state index is 10.8. The van der Waals surface area contributed by atoms with Crippen molar-refractivity contribution in [3.63, 3.8) is 0 Å². The summed E-state index contributed by atoms with van der Waals surface area (Å²) in [6.07, 6.45) is 0.742. The van der Waals surface area contributed by atoms with Crippen LogP contribution in [0.1, 0.15) is 41.8 Å². The van der Waals surface area contributed by atoms with Gasteiger partial charge in [0.1, 0.15) is 0 Å². The van der Waals surface area contributed by atoms with E-state index in [0.29, 0.717) is 12.0 Å². The molecule has 2 N–H and O–H groups in total. The molecule has 0 heterocycles. The Bertz CT molecular complexity index is 320. The number of benzene rings is 1. The van der Waals surface area contributed by atoms with Crippen molar-refractivity contribution >= 4 is 5.97 Å². The summed E-state index contributed by atoms with van der Waals surface area (Å²) in [4.78, 5) is 10.8. The molecule has 1 unspecified atom stereocenters. The summed E-state index contributed by atoms with van der Waals surface area (Å²) in [5, 5.41) is 18.6. The zero-order valence-corrected chi connectivity index (χ0v) is 8.10. The molecule has 3 heteroatoms.